The van der Waals surface area contributed by atoms with Crippen molar-refractivity contribution in [3.05, 3.63) is 0 Å². The van der Waals surface area contributed by atoms with Crippen LogP contribution in [0.2, 0.25) is 0 Å². The molecule has 1 rings (SSSR count). The third kappa shape index (κ3) is 3.80. The fourth-order valence-electron chi connectivity index (χ4n) is 2.09. The van der Waals surface area contributed by atoms with Crippen molar-refractivity contribution in [2.45, 2.75) is 44.6 Å². The quantitative estimate of drug-likeness (QED) is 0.720. The zero-order chi connectivity index (χ0) is 11.3. The number of amides is 1. The van der Waals surface area contributed by atoms with Gasteiger partial charge in [0.25, 0.3) is 0 Å². The Morgan fingerprint density at radius 1 is 1.47 bits per heavy atom. The number of carbonyl (C=O) groups is 1. The Kier molecular flexibility index (Phi) is 5.05. The Bertz CT molecular complexity index is 202. The van der Waals surface area contributed by atoms with E-state index in [4.69, 9.17) is 4.84 Å². The highest BCUT2D eigenvalue weighted by molar-refractivity contribution is 5.75. The van der Waals surface area contributed by atoms with Gasteiger partial charge in [-0.25, -0.2) is 5.06 Å². The molecule has 1 aliphatic carbocycles. The molecule has 0 aromatic heterocycles. The molecule has 1 unspecified atom stereocenters. The SMILES string of the molecule is CON(C)C(=O)CC(O)C1CCCCC1. The lowest BCUT2D eigenvalue weighted by molar-refractivity contribution is -0.171. The summed E-state index contributed by atoms with van der Waals surface area (Å²) in [5, 5.41) is 11.1. The lowest BCUT2D eigenvalue weighted by atomic mass is 9.84. The van der Waals surface area contributed by atoms with E-state index in [2.05, 4.69) is 0 Å². The molecule has 0 spiro atoms. The van der Waals surface area contributed by atoms with Crippen molar-refractivity contribution in [3.63, 3.8) is 0 Å². The van der Waals surface area contributed by atoms with Gasteiger partial charge in [-0.1, -0.05) is 19.3 Å². The molecule has 4 nitrogen and oxygen atoms in total. The smallest absolute Gasteiger partial charge is 0.248 e. The molecule has 1 saturated carbocycles. The van der Waals surface area contributed by atoms with Crippen molar-refractivity contribution in [2.24, 2.45) is 5.92 Å². The van der Waals surface area contributed by atoms with Crippen molar-refractivity contribution in [3.8, 4) is 0 Å². The molecule has 15 heavy (non-hydrogen) atoms. The second kappa shape index (κ2) is 6.08. The first-order chi connectivity index (χ1) is 7.15. The molecular weight excluding hydrogens is 194 g/mol. The maximum Gasteiger partial charge on any atom is 0.248 e. The molecule has 1 aliphatic rings. The number of aliphatic hydroxyl groups excluding tert-OH is 1. The van der Waals surface area contributed by atoms with Gasteiger partial charge in [0.05, 0.1) is 19.6 Å². The van der Waals surface area contributed by atoms with Crippen LogP contribution >= 0.6 is 0 Å². The van der Waals surface area contributed by atoms with E-state index in [1.165, 1.54) is 31.4 Å². The molecule has 88 valence electrons. The monoisotopic (exact) mass is 215 g/mol. The van der Waals surface area contributed by atoms with Crippen LogP contribution in [0.15, 0.2) is 0 Å². The first kappa shape index (κ1) is 12.5. The number of hydroxylamine groups is 2. The average Bonchev–Trinajstić information content (AvgIpc) is 2.29. The highest BCUT2D eigenvalue weighted by atomic mass is 16.7. The van der Waals surface area contributed by atoms with E-state index in [9.17, 15) is 9.90 Å². The summed E-state index contributed by atoms with van der Waals surface area (Å²) in [5.41, 5.74) is 0. The van der Waals surface area contributed by atoms with E-state index < -0.39 is 6.10 Å². The van der Waals surface area contributed by atoms with E-state index in [1.54, 1.807) is 7.05 Å². The number of hydrogen-bond donors (Lipinski definition) is 1. The third-order valence-electron chi connectivity index (χ3n) is 3.20. The van der Waals surface area contributed by atoms with Gasteiger partial charge in [0, 0.05) is 7.05 Å². The summed E-state index contributed by atoms with van der Waals surface area (Å²) in [6.45, 7) is 0. The van der Waals surface area contributed by atoms with Crippen LogP contribution in [0.3, 0.4) is 0 Å². The largest absolute Gasteiger partial charge is 0.392 e. The van der Waals surface area contributed by atoms with Crippen molar-refractivity contribution in [2.75, 3.05) is 14.2 Å². The molecule has 0 saturated heterocycles. The zero-order valence-electron chi connectivity index (χ0n) is 9.61. The molecule has 0 aliphatic heterocycles. The van der Waals surface area contributed by atoms with Crippen LogP contribution in [0.5, 0.6) is 0 Å². The zero-order valence-corrected chi connectivity index (χ0v) is 9.61. The maximum atomic E-state index is 11.5. The van der Waals surface area contributed by atoms with Crippen LogP contribution in [0, 0.1) is 5.92 Å². The van der Waals surface area contributed by atoms with Gasteiger partial charge in [0.2, 0.25) is 5.91 Å². The van der Waals surface area contributed by atoms with Gasteiger partial charge in [-0.3, -0.25) is 9.63 Å². The highest BCUT2D eigenvalue weighted by Crippen LogP contribution is 2.27. The minimum atomic E-state index is -0.504. The number of aliphatic hydroxyl groups is 1. The standard InChI is InChI=1S/C11H21NO3/c1-12(15-2)11(14)8-10(13)9-6-4-3-5-7-9/h9-10,13H,3-8H2,1-2H3. The van der Waals surface area contributed by atoms with Gasteiger partial charge in [0.15, 0.2) is 0 Å². The molecule has 0 bridgehead atoms. The predicted octanol–water partition coefficient (Wildman–Crippen LogP) is 1.34. The highest BCUT2D eigenvalue weighted by Gasteiger charge is 2.24. The van der Waals surface area contributed by atoms with Crippen LogP contribution in [-0.2, 0) is 9.63 Å². The summed E-state index contributed by atoms with van der Waals surface area (Å²) >= 11 is 0. The summed E-state index contributed by atoms with van der Waals surface area (Å²) in [7, 11) is 3.01. The first-order valence-electron chi connectivity index (χ1n) is 5.64. The van der Waals surface area contributed by atoms with Crippen molar-refractivity contribution in [1.82, 2.24) is 5.06 Å². The molecule has 1 N–H and O–H groups in total. The van der Waals surface area contributed by atoms with E-state index in [0.717, 1.165) is 12.8 Å². The Balaban J connectivity index is 2.33. The predicted molar refractivity (Wildman–Crippen MR) is 57.0 cm³/mol. The number of rotatable bonds is 4. The first-order valence-corrected chi connectivity index (χ1v) is 5.64. The van der Waals surface area contributed by atoms with Crippen LogP contribution in [-0.4, -0.2) is 36.3 Å². The number of carbonyl (C=O) groups excluding carboxylic acids is 1. The van der Waals surface area contributed by atoms with Gasteiger partial charge in [-0.15, -0.1) is 0 Å². The molecule has 0 aromatic rings. The lowest BCUT2D eigenvalue weighted by Crippen LogP contribution is -2.32. The third-order valence-corrected chi connectivity index (χ3v) is 3.20. The molecule has 4 heteroatoms. The van der Waals surface area contributed by atoms with E-state index in [1.807, 2.05) is 0 Å². The second-order valence-corrected chi connectivity index (χ2v) is 4.24. The molecule has 0 radical (unpaired) electrons. The number of hydrogen-bond acceptors (Lipinski definition) is 3. The lowest BCUT2D eigenvalue weighted by Gasteiger charge is -2.27. The Hall–Kier alpha value is -0.610. The molecule has 0 aromatic carbocycles. The average molecular weight is 215 g/mol. The van der Waals surface area contributed by atoms with Gasteiger partial charge in [0.1, 0.15) is 0 Å². The second-order valence-electron chi connectivity index (χ2n) is 4.24. The summed E-state index contributed by atoms with van der Waals surface area (Å²) in [4.78, 5) is 16.2. The number of nitrogens with zero attached hydrogens (tertiary/aromatic N) is 1. The van der Waals surface area contributed by atoms with Gasteiger partial charge >= 0.3 is 0 Å². The fourth-order valence-corrected chi connectivity index (χ4v) is 2.09. The minimum absolute atomic E-state index is 0.157. The Labute approximate surface area is 91.2 Å². The molecular formula is C11H21NO3. The van der Waals surface area contributed by atoms with Crippen molar-refractivity contribution < 1.29 is 14.7 Å². The molecule has 1 amide bonds. The van der Waals surface area contributed by atoms with Crippen LogP contribution in [0.4, 0.5) is 0 Å². The van der Waals surface area contributed by atoms with Gasteiger partial charge < -0.3 is 5.11 Å². The molecule has 1 fully saturated rings. The Morgan fingerprint density at radius 2 is 2.07 bits per heavy atom. The minimum Gasteiger partial charge on any atom is -0.392 e. The summed E-state index contributed by atoms with van der Waals surface area (Å²) in [6.07, 6.45) is 5.38. The maximum absolute atomic E-state index is 11.5. The van der Waals surface area contributed by atoms with Crippen LogP contribution in [0.25, 0.3) is 0 Å². The molecule has 1 atom stereocenters. The van der Waals surface area contributed by atoms with Crippen LogP contribution < -0.4 is 0 Å². The summed E-state index contributed by atoms with van der Waals surface area (Å²) < 4.78 is 0. The van der Waals surface area contributed by atoms with E-state index in [-0.39, 0.29) is 12.3 Å². The molecule has 0 heterocycles. The summed E-state index contributed by atoms with van der Waals surface area (Å²) in [5.74, 6) is 0.142. The van der Waals surface area contributed by atoms with E-state index >= 15 is 0 Å². The Morgan fingerprint density at radius 3 is 2.60 bits per heavy atom. The summed E-state index contributed by atoms with van der Waals surface area (Å²) in [6, 6.07) is 0. The van der Waals surface area contributed by atoms with Crippen molar-refractivity contribution in [1.29, 1.82) is 0 Å². The van der Waals surface area contributed by atoms with Crippen molar-refractivity contribution >= 4 is 5.91 Å². The topological polar surface area (TPSA) is 49.8 Å². The fraction of sp³-hybridized carbons (Fsp3) is 0.909. The normalized spacial score (nSPS) is 19.9. The van der Waals surface area contributed by atoms with Crippen LogP contribution in [0.1, 0.15) is 38.5 Å². The van der Waals surface area contributed by atoms with Gasteiger partial charge in [-0.2, -0.15) is 0 Å². The van der Waals surface area contributed by atoms with Gasteiger partial charge in [-0.05, 0) is 18.8 Å². The van der Waals surface area contributed by atoms with E-state index in [0.29, 0.717) is 5.92 Å².